The van der Waals surface area contributed by atoms with E-state index in [1.54, 1.807) is 0 Å². The van der Waals surface area contributed by atoms with E-state index in [2.05, 4.69) is 26.7 Å². The lowest BCUT2D eigenvalue weighted by Crippen LogP contribution is -2.27. The van der Waals surface area contributed by atoms with E-state index < -0.39 is 0 Å². The van der Waals surface area contributed by atoms with Crippen LogP contribution >= 0.6 is 23.8 Å². The summed E-state index contributed by atoms with van der Waals surface area (Å²) in [5.41, 5.74) is 1.21. The quantitative estimate of drug-likeness (QED) is 0.523. The maximum Gasteiger partial charge on any atom is 0.199 e. The Hall–Kier alpha value is -2.15. The molecule has 0 bridgehead atoms. The van der Waals surface area contributed by atoms with Crippen LogP contribution in [0, 0.1) is 11.7 Å². The van der Waals surface area contributed by atoms with E-state index in [1.807, 2.05) is 61.1 Å². The number of hydrogen-bond acceptors (Lipinski definition) is 4. The topological polar surface area (TPSA) is 35.2 Å². The predicted octanol–water partition coefficient (Wildman–Crippen LogP) is 4.39. The van der Waals surface area contributed by atoms with Crippen LogP contribution in [0.5, 0.6) is 5.75 Å². The molecule has 0 saturated carbocycles. The van der Waals surface area contributed by atoms with E-state index in [0.717, 1.165) is 29.4 Å². The van der Waals surface area contributed by atoms with Crippen molar-refractivity contribution >= 4 is 23.8 Å². The maximum absolute atomic E-state index is 5.97. The van der Waals surface area contributed by atoms with Gasteiger partial charge in [-0.2, -0.15) is 5.10 Å². The molecule has 1 aromatic heterocycles. The van der Waals surface area contributed by atoms with Crippen molar-refractivity contribution < 1.29 is 4.74 Å². The molecule has 0 unspecified atom stereocenters. The Morgan fingerprint density at radius 2 is 1.93 bits per heavy atom. The van der Waals surface area contributed by atoms with Gasteiger partial charge >= 0.3 is 0 Å². The Bertz CT molecular complexity index is 939. The molecule has 27 heavy (non-hydrogen) atoms. The second kappa shape index (κ2) is 9.17. The standard InChI is InChI=1S/C20H23ClN4OS/c1-16-22-25(20(27)24(16)14-17-7-4-3-5-8-17)15-23(2)11-12-26-19-10-6-9-18(21)13-19/h3-10,13H,11-12,14-15H2,1-2H3. The second-order valence-electron chi connectivity index (χ2n) is 6.43. The first-order valence-electron chi connectivity index (χ1n) is 8.78. The minimum absolute atomic E-state index is 0.563. The summed E-state index contributed by atoms with van der Waals surface area (Å²) in [6.07, 6.45) is 0. The number of likely N-dealkylation sites (N-methyl/N-ethyl adjacent to an activating group) is 1. The van der Waals surface area contributed by atoms with Gasteiger partial charge in [-0.3, -0.25) is 9.47 Å². The highest BCUT2D eigenvalue weighted by atomic mass is 35.5. The van der Waals surface area contributed by atoms with Crippen molar-refractivity contribution in [2.24, 2.45) is 0 Å². The molecule has 0 radical (unpaired) electrons. The molecule has 7 heteroatoms. The number of halogens is 1. The van der Waals surface area contributed by atoms with Gasteiger partial charge in [-0.1, -0.05) is 48.0 Å². The Kier molecular flexibility index (Phi) is 6.66. The minimum Gasteiger partial charge on any atom is -0.492 e. The predicted molar refractivity (Wildman–Crippen MR) is 111 cm³/mol. The largest absolute Gasteiger partial charge is 0.492 e. The number of ether oxygens (including phenoxy) is 1. The van der Waals surface area contributed by atoms with E-state index in [0.29, 0.717) is 18.3 Å². The molecule has 2 aromatic carbocycles. The van der Waals surface area contributed by atoms with Crippen LogP contribution in [0.2, 0.25) is 5.02 Å². The smallest absolute Gasteiger partial charge is 0.199 e. The number of rotatable bonds is 8. The highest BCUT2D eigenvalue weighted by Crippen LogP contribution is 2.17. The summed E-state index contributed by atoms with van der Waals surface area (Å²) in [7, 11) is 2.02. The van der Waals surface area contributed by atoms with E-state index in [1.165, 1.54) is 5.56 Å². The number of benzene rings is 2. The highest BCUT2D eigenvalue weighted by Gasteiger charge is 2.09. The summed E-state index contributed by atoms with van der Waals surface area (Å²) in [5, 5.41) is 5.27. The Morgan fingerprint density at radius 3 is 2.67 bits per heavy atom. The molecule has 0 saturated heterocycles. The molecule has 0 atom stereocenters. The zero-order chi connectivity index (χ0) is 19.2. The summed E-state index contributed by atoms with van der Waals surface area (Å²) in [6.45, 7) is 4.64. The van der Waals surface area contributed by atoms with Crippen molar-refractivity contribution in [3.05, 3.63) is 75.8 Å². The molecular formula is C20H23ClN4OS. The fourth-order valence-corrected chi connectivity index (χ4v) is 3.24. The van der Waals surface area contributed by atoms with Gasteiger partial charge in [0.25, 0.3) is 0 Å². The molecule has 1 heterocycles. The van der Waals surface area contributed by atoms with Crippen LogP contribution in [-0.4, -0.2) is 39.4 Å². The van der Waals surface area contributed by atoms with Crippen molar-refractivity contribution in [3.63, 3.8) is 0 Å². The van der Waals surface area contributed by atoms with Gasteiger partial charge in [0, 0.05) is 11.6 Å². The highest BCUT2D eigenvalue weighted by molar-refractivity contribution is 7.71. The first kappa shape index (κ1) is 19.6. The zero-order valence-electron chi connectivity index (χ0n) is 15.5. The third-order valence-electron chi connectivity index (χ3n) is 4.20. The molecule has 3 aromatic rings. The monoisotopic (exact) mass is 402 g/mol. The van der Waals surface area contributed by atoms with Gasteiger partial charge in [0.2, 0.25) is 0 Å². The van der Waals surface area contributed by atoms with E-state index in [-0.39, 0.29) is 0 Å². The van der Waals surface area contributed by atoms with Gasteiger partial charge in [-0.15, -0.1) is 0 Å². The molecule has 0 aliphatic carbocycles. The van der Waals surface area contributed by atoms with Crippen LogP contribution in [0.1, 0.15) is 11.4 Å². The van der Waals surface area contributed by atoms with Crippen LogP contribution in [0.4, 0.5) is 0 Å². The molecule has 3 rings (SSSR count). The van der Waals surface area contributed by atoms with E-state index in [4.69, 9.17) is 28.6 Å². The van der Waals surface area contributed by atoms with Crippen molar-refractivity contribution in [3.8, 4) is 5.75 Å². The molecular weight excluding hydrogens is 380 g/mol. The second-order valence-corrected chi connectivity index (χ2v) is 7.23. The Labute approximate surface area is 169 Å². The minimum atomic E-state index is 0.563. The summed E-state index contributed by atoms with van der Waals surface area (Å²) in [6, 6.07) is 17.7. The van der Waals surface area contributed by atoms with Crippen LogP contribution < -0.4 is 4.74 Å². The molecule has 0 fully saturated rings. The van der Waals surface area contributed by atoms with Gasteiger partial charge in [-0.05, 0) is 50.0 Å². The molecule has 0 aliphatic rings. The number of hydrogen-bond donors (Lipinski definition) is 0. The third-order valence-corrected chi connectivity index (χ3v) is 4.87. The summed E-state index contributed by atoms with van der Waals surface area (Å²) in [4.78, 5) is 2.12. The fourth-order valence-electron chi connectivity index (χ4n) is 2.76. The molecule has 142 valence electrons. The molecule has 5 nitrogen and oxygen atoms in total. The van der Waals surface area contributed by atoms with Crippen molar-refractivity contribution in [1.29, 1.82) is 0 Å². The lowest BCUT2D eigenvalue weighted by atomic mass is 10.2. The number of aryl methyl sites for hydroxylation is 1. The fraction of sp³-hybridized carbons (Fsp3) is 0.300. The molecule has 0 N–H and O–H groups in total. The van der Waals surface area contributed by atoms with E-state index >= 15 is 0 Å². The van der Waals surface area contributed by atoms with Gasteiger partial charge in [-0.25, -0.2) is 4.68 Å². The molecule has 0 aliphatic heterocycles. The normalized spacial score (nSPS) is 11.1. The Morgan fingerprint density at radius 1 is 1.15 bits per heavy atom. The van der Waals surface area contributed by atoms with Crippen molar-refractivity contribution in [1.82, 2.24) is 19.2 Å². The lowest BCUT2D eigenvalue weighted by molar-refractivity contribution is 0.197. The summed E-state index contributed by atoms with van der Waals surface area (Å²) >= 11 is 11.6. The Balaban J connectivity index is 1.57. The molecule has 0 amide bonds. The average Bonchev–Trinajstić information content (AvgIpc) is 2.90. The van der Waals surface area contributed by atoms with Crippen molar-refractivity contribution in [2.75, 3.05) is 20.2 Å². The number of nitrogens with zero attached hydrogens (tertiary/aromatic N) is 4. The third kappa shape index (κ3) is 5.42. The molecule has 0 spiro atoms. The first-order chi connectivity index (χ1) is 13.0. The van der Waals surface area contributed by atoms with Crippen LogP contribution in [0.25, 0.3) is 0 Å². The van der Waals surface area contributed by atoms with Crippen LogP contribution in [0.3, 0.4) is 0 Å². The summed E-state index contributed by atoms with van der Waals surface area (Å²) < 4.78 is 10.4. The van der Waals surface area contributed by atoms with E-state index in [9.17, 15) is 0 Å². The van der Waals surface area contributed by atoms with Gasteiger partial charge in [0.05, 0.1) is 13.2 Å². The maximum atomic E-state index is 5.97. The van der Waals surface area contributed by atoms with Gasteiger partial charge in [0.15, 0.2) is 4.77 Å². The van der Waals surface area contributed by atoms with Crippen molar-refractivity contribution in [2.45, 2.75) is 20.1 Å². The van der Waals surface area contributed by atoms with Crippen LogP contribution in [0.15, 0.2) is 54.6 Å². The van der Waals surface area contributed by atoms with Crippen LogP contribution in [-0.2, 0) is 13.2 Å². The first-order valence-corrected chi connectivity index (χ1v) is 9.56. The zero-order valence-corrected chi connectivity index (χ0v) is 17.1. The average molecular weight is 403 g/mol. The SMILES string of the molecule is Cc1nn(CN(C)CCOc2cccc(Cl)c2)c(=S)n1Cc1ccccc1. The van der Waals surface area contributed by atoms with Gasteiger partial charge < -0.3 is 4.74 Å². The van der Waals surface area contributed by atoms with Gasteiger partial charge in [0.1, 0.15) is 18.2 Å². The lowest BCUT2D eigenvalue weighted by Gasteiger charge is -2.16. The summed E-state index contributed by atoms with van der Waals surface area (Å²) in [5.74, 6) is 1.68. The number of aromatic nitrogens is 3.